The van der Waals surface area contributed by atoms with Crippen LogP contribution in [-0.4, -0.2) is 37.9 Å². The number of rotatable bonds is 3. The Morgan fingerprint density at radius 1 is 0.913 bits per heavy atom. The van der Waals surface area contributed by atoms with Gasteiger partial charge in [0, 0.05) is 38.3 Å². The predicted octanol–water partition coefficient (Wildman–Crippen LogP) is 2.88. The molecule has 0 aliphatic carbocycles. The van der Waals surface area contributed by atoms with Gasteiger partial charge in [-0.1, -0.05) is 24.3 Å². The largest absolute Gasteiger partial charge is 0.454 e. The van der Waals surface area contributed by atoms with E-state index in [9.17, 15) is 4.39 Å². The van der Waals surface area contributed by atoms with Crippen molar-refractivity contribution in [2.45, 2.75) is 6.54 Å². The van der Waals surface area contributed by atoms with Gasteiger partial charge in [0.15, 0.2) is 11.5 Å². The van der Waals surface area contributed by atoms with E-state index in [1.165, 1.54) is 6.07 Å². The third-order valence-electron chi connectivity index (χ3n) is 4.44. The molecular formula is C18H19FN2O2. The highest BCUT2D eigenvalue weighted by Crippen LogP contribution is 2.36. The first-order chi connectivity index (χ1) is 11.3. The smallest absolute Gasteiger partial charge is 0.231 e. The van der Waals surface area contributed by atoms with Crippen molar-refractivity contribution in [3.05, 3.63) is 53.8 Å². The van der Waals surface area contributed by atoms with Crippen LogP contribution in [0.1, 0.15) is 5.56 Å². The zero-order valence-electron chi connectivity index (χ0n) is 12.9. The number of hydrogen-bond donors (Lipinski definition) is 0. The van der Waals surface area contributed by atoms with Crippen LogP contribution in [0.3, 0.4) is 0 Å². The summed E-state index contributed by atoms with van der Waals surface area (Å²) < 4.78 is 24.9. The molecule has 0 amide bonds. The molecule has 0 unspecified atom stereocenters. The Balaban J connectivity index is 1.41. The van der Waals surface area contributed by atoms with Crippen molar-refractivity contribution >= 4 is 5.69 Å². The number of anilines is 1. The summed E-state index contributed by atoms with van der Waals surface area (Å²) in [5.74, 6) is 1.55. The molecule has 0 saturated carbocycles. The first-order valence-corrected chi connectivity index (χ1v) is 7.90. The maximum atomic E-state index is 13.9. The topological polar surface area (TPSA) is 24.9 Å². The van der Waals surface area contributed by atoms with Crippen molar-refractivity contribution in [3.63, 3.8) is 0 Å². The minimum Gasteiger partial charge on any atom is -0.454 e. The van der Waals surface area contributed by atoms with Crippen LogP contribution in [0, 0.1) is 5.82 Å². The van der Waals surface area contributed by atoms with E-state index >= 15 is 0 Å². The van der Waals surface area contributed by atoms with Gasteiger partial charge in [0.1, 0.15) is 5.82 Å². The molecule has 0 spiro atoms. The quantitative estimate of drug-likeness (QED) is 0.870. The lowest BCUT2D eigenvalue weighted by atomic mass is 10.1. The lowest BCUT2D eigenvalue weighted by molar-refractivity contribution is 0.171. The predicted molar refractivity (Wildman–Crippen MR) is 86.5 cm³/mol. The summed E-state index contributed by atoms with van der Waals surface area (Å²) in [5.41, 5.74) is 1.85. The van der Waals surface area contributed by atoms with E-state index in [4.69, 9.17) is 9.47 Å². The molecule has 2 aliphatic heterocycles. The molecule has 23 heavy (non-hydrogen) atoms. The number of para-hydroxylation sites is 2. The van der Waals surface area contributed by atoms with Crippen molar-refractivity contribution in [2.24, 2.45) is 0 Å². The maximum Gasteiger partial charge on any atom is 0.231 e. The van der Waals surface area contributed by atoms with Crippen LogP contribution in [0.25, 0.3) is 0 Å². The Hall–Kier alpha value is -2.27. The molecule has 0 aromatic heterocycles. The molecule has 2 aliphatic rings. The lowest BCUT2D eigenvalue weighted by Crippen LogP contribution is -2.46. The number of benzene rings is 2. The second-order valence-electron chi connectivity index (χ2n) is 5.87. The summed E-state index contributed by atoms with van der Waals surface area (Å²) in [5, 5.41) is 0. The van der Waals surface area contributed by atoms with Gasteiger partial charge >= 0.3 is 0 Å². The Morgan fingerprint density at radius 2 is 1.74 bits per heavy atom. The summed E-state index contributed by atoms with van der Waals surface area (Å²) in [7, 11) is 0. The van der Waals surface area contributed by atoms with Gasteiger partial charge < -0.3 is 14.4 Å². The fourth-order valence-corrected chi connectivity index (χ4v) is 3.21. The number of ether oxygens (including phenoxy) is 2. The van der Waals surface area contributed by atoms with Crippen LogP contribution < -0.4 is 14.4 Å². The summed E-state index contributed by atoms with van der Waals surface area (Å²) in [6, 6.07) is 13.0. The highest BCUT2D eigenvalue weighted by atomic mass is 19.1. The summed E-state index contributed by atoms with van der Waals surface area (Å²) >= 11 is 0. The molecule has 1 saturated heterocycles. The summed E-state index contributed by atoms with van der Waals surface area (Å²) in [4.78, 5) is 4.48. The van der Waals surface area contributed by atoms with Gasteiger partial charge in [-0.05, 0) is 18.2 Å². The standard InChI is InChI=1S/C18H19FN2O2/c19-15-5-1-2-6-16(15)21-10-8-20(9-11-21)12-14-4-3-7-17-18(14)23-13-22-17/h1-7H,8-13H2. The molecule has 120 valence electrons. The maximum absolute atomic E-state index is 13.9. The Bertz CT molecular complexity index is 699. The molecule has 0 bridgehead atoms. The van der Waals surface area contributed by atoms with E-state index < -0.39 is 0 Å². The Labute approximate surface area is 135 Å². The van der Waals surface area contributed by atoms with Crippen molar-refractivity contribution in [2.75, 3.05) is 37.9 Å². The van der Waals surface area contributed by atoms with Crippen molar-refractivity contribution in [1.82, 2.24) is 4.90 Å². The number of nitrogens with zero attached hydrogens (tertiary/aromatic N) is 2. The Morgan fingerprint density at radius 3 is 2.57 bits per heavy atom. The Kier molecular flexibility index (Phi) is 3.79. The van der Waals surface area contributed by atoms with Crippen molar-refractivity contribution in [1.29, 1.82) is 0 Å². The highest BCUT2D eigenvalue weighted by Gasteiger charge is 2.22. The van der Waals surface area contributed by atoms with E-state index in [0.29, 0.717) is 12.5 Å². The van der Waals surface area contributed by atoms with Gasteiger partial charge in [0.2, 0.25) is 6.79 Å². The number of halogens is 1. The zero-order chi connectivity index (χ0) is 15.6. The van der Waals surface area contributed by atoms with E-state index in [1.807, 2.05) is 24.3 Å². The van der Waals surface area contributed by atoms with E-state index in [0.717, 1.165) is 49.8 Å². The van der Waals surface area contributed by atoms with Crippen LogP contribution >= 0.6 is 0 Å². The van der Waals surface area contributed by atoms with Gasteiger partial charge in [-0.25, -0.2) is 4.39 Å². The third kappa shape index (κ3) is 2.84. The molecule has 1 fully saturated rings. The average Bonchev–Trinajstić information content (AvgIpc) is 3.06. The molecule has 2 aromatic carbocycles. The fourth-order valence-electron chi connectivity index (χ4n) is 3.21. The number of hydrogen-bond acceptors (Lipinski definition) is 4. The first-order valence-electron chi connectivity index (χ1n) is 7.90. The summed E-state index contributed by atoms with van der Waals surface area (Å²) in [6.45, 7) is 4.59. The third-order valence-corrected chi connectivity index (χ3v) is 4.44. The minimum atomic E-state index is -0.146. The van der Waals surface area contributed by atoms with Crippen LogP contribution in [0.5, 0.6) is 11.5 Å². The molecule has 0 N–H and O–H groups in total. The molecule has 4 nitrogen and oxygen atoms in total. The average molecular weight is 314 g/mol. The summed E-state index contributed by atoms with van der Waals surface area (Å²) in [6.07, 6.45) is 0. The molecule has 2 heterocycles. The number of fused-ring (bicyclic) bond motifs is 1. The van der Waals surface area contributed by atoms with Crippen LogP contribution in [0.15, 0.2) is 42.5 Å². The molecule has 2 aromatic rings. The van der Waals surface area contributed by atoms with Crippen molar-refractivity contribution < 1.29 is 13.9 Å². The van der Waals surface area contributed by atoms with E-state index in [1.54, 1.807) is 6.07 Å². The highest BCUT2D eigenvalue weighted by molar-refractivity contribution is 5.49. The molecule has 0 atom stereocenters. The van der Waals surface area contributed by atoms with E-state index in [-0.39, 0.29) is 5.82 Å². The van der Waals surface area contributed by atoms with Gasteiger partial charge in [0.25, 0.3) is 0 Å². The number of piperazine rings is 1. The van der Waals surface area contributed by atoms with Crippen LogP contribution in [0.4, 0.5) is 10.1 Å². The monoisotopic (exact) mass is 314 g/mol. The second kappa shape index (κ2) is 6.08. The lowest BCUT2D eigenvalue weighted by Gasteiger charge is -2.36. The van der Waals surface area contributed by atoms with Gasteiger partial charge in [-0.15, -0.1) is 0 Å². The van der Waals surface area contributed by atoms with Crippen molar-refractivity contribution in [3.8, 4) is 11.5 Å². The SMILES string of the molecule is Fc1ccccc1N1CCN(Cc2cccc3c2OCO3)CC1. The molecule has 0 radical (unpaired) electrons. The molecular weight excluding hydrogens is 295 g/mol. The zero-order valence-corrected chi connectivity index (χ0v) is 12.9. The van der Waals surface area contributed by atoms with Gasteiger partial charge in [-0.2, -0.15) is 0 Å². The molecule has 5 heteroatoms. The van der Waals surface area contributed by atoms with E-state index in [2.05, 4.69) is 15.9 Å². The fraction of sp³-hybridized carbons (Fsp3) is 0.333. The second-order valence-corrected chi connectivity index (χ2v) is 5.87. The van der Waals surface area contributed by atoms with Gasteiger partial charge in [0.05, 0.1) is 5.69 Å². The van der Waals surface area contributed by atoms with Crippen LogP contribution in [-0.2, 0) is 6.54 Å². The van der Waals surface area contributed by atoms with Gasteiger partial charge in [-0.3, -0.25) is 4.90 Å². The van der Waals surface area contributed by atoms with Crippen LogP contribution in [0.2, 0.25) is 0 Å². The minimum absolute atomic E-state index is 0.146. The molecule has 4 rings (SSSR count). The normalized spacial score (nSPS) is 17.5. The first kappa shape index (κ1) is 14.3.